The lowest BCUT2D eigenvalue weighted by Crippen LogP contribution is -2.27. The molecular weight excluding hydrogens is 290 g/mol. The topological polar surface area (TPSA) is 55.1 Å². The van der Waals surface area contributed by atoms with E-state index >= 15 is 0 Å². The summed E-state index contributed by atoms with van der Waals surface area (Å²) in [5, 5.41) is 3.20. The molecule has 2 unspecified atom stereocenters. The molecule has 0 aromatic heterocycles. The Balaban J connectivity index is 0.00000180. The van der Waals surface area contributed by atoms with Crippen molar-refractivity contribution >= 4 is 29.9 Å². The molecule has 1 fully saturated rings. The molecule has 0 spiro atoms. The van der Waals surface area contributed by atoms with Crippen molar-refractivity contribution < 1.29 is 9.18 Å². The number of nitrogens with one attached hydrogen (secondary N) is 1. The van der Waals surface area contributed by atoms with Crippen molar-refractivity contribution in [1.82, 2.24) is 5.32 Å². The highest BCUT2D eigenvalue weighted by Crippen LogP contribution is 2.50. The number of carbonyl (C=O) groups excluding carboxylic acids is 1. The summed E-state index contributed by atoms with van der Waals surface area (Å²) < 4.78 is 13.7. The van der Waals surface area contributed by atoms with E-state index in [0.717, 1.165) is 6.42 Å². The number of nitrogens with two attached hydrogens (primary N) is 1. The first-order valence-corrected chi connectivity index (χ1v) is 6.44. The Bertz CT molecular complexity index is 436. The number of halogens is 3. The number of rotatable bonds is 5. The molecule has 19 heavy (non-hydrogen) atoms. The van der Waals surface area contributed by atoms with Gasteiger partial charge in [0.05, 0.1) is 0 Å². The van der Waals surface area contributed by atoms with Crippen LogP contribution in [0.2, 0.25) is 5.02 Å². The van der Waals surface area contributed by atoms with Crippen LogP contribution in [-0.4, -0.2) is 19.0 Å². The summed E-state index contributed by atoms with van der Waals surface area (Å²) in [5.41, 5.74) is 5.82. The van der Waals surface area contributed by atoms with Crippen LogP contribution in [0, 0.1) is 11.7 Å². The van der Waals surface area contributed by atoms with Crippen molar-refractivity contribution in [2.24, 2.45) is 11.7 Å². The molecule has 1 aliphatic carbocycles. The molecule has 6 heteroatoms. The maximum atomic E-state index is 13.7. The molecule has 0 aliphatic heterocycles. The van der Waals surface area contributed by atoms with Crippen LogP contribution >= 0.6 is 24.0 Å². The predicted octanol–water partition coefficient (Wildman–Crippen LogP) is 2.47. The van der Waals surface area contributed by atoms with Crippen molar-refractivity contribution in [2.75, 3.05) is 13.1 Å². The van der Waals surface area contributed by atoms with Crippen LogP contribution in [-0.2, 0) is 4.79 Å². The van der Waals surface area contributed by atoms with Gasteiger partial charge < -0.3 is 11.1 Å². The van der Waals surface area contributed by atoms with Gasteiger partial charge in [-0.1, -0.05) is 17.7 Å². The van der Waals surface area contributed by atoms with Gasteiger partial charge in [-0.15, -0.1) is 12.4 Å². The Kier molecular flexibility index (Phi) is 6.04. The highest BCUT2D eigenvalue weighted by molar-refractivity contribution is 6.31. The van der Waals surface area contributed by atoms with Gasteiger partial charge in [0.1, 0.15) is 5.82 Å². The minimum Gasteiger partial charge on any atom is -0.356 e. The zero-order valence-corrected chi connectivity index (χ0v) is 11.9. The average Bonchev–Trinajstić information content (AvgIpc) is 3.09. The van der Waals surface area contributed by atoms with Crippen LogP contribution in [0.1, 0.15) is 24.3 Å². The van der Waals surface area contributed by atoms with E-state index in [9.17, 15) is 9.18 Å². The van der Waals surface area contributed by atoms with Crippen LogP contribution < -0.4 is 11.1 Å². The van der Waals surface area contributed by atoms with Crippen molar-refractivity contribution in [3.05, 3.63) is 34.6 Å². The van der Waals surface area contributed by atoms with Crippen molar-refractivity contribution in [1.29, 1.82) is 0 Å². The van der Waals surface area contributed by atoms with Gasteiger partial charge in [-0.2, -0.15) is 0 Å². The molecule has 1 amide bonds. The summed E-state index contributed by atoms with van der Waals surface area (Å²) in [4.78, 5) is 11.8. The largest absolute Gasteiger partial charge is 0.356 e. The van der Waals surface area contributed by atoms with Gasteiger partial charge in [-0.05, 0) is 31.5 Å². The van der Waals surface area contributed by atoms with Crippen LogP contribution in [0.5, 0.6) is 0 Å². The maximum Gasteiger partial charge on any atom is 0.223 e. The van der Waals surface area contributed by atoms with E-state index < -0.39 is 0 Å². The molecule has 3 N–H and O–H groups in total. The Morgan fingerprint density at radius 3 is 2.89 bits per heavy atom. The van der Waals surface area contributed by atoms with E-state index in [-0.39, 0.29) is 36.0 Å². The lowest BCUT2D eigenvalue weighted by molar-refractivity contribution is -0.122. The summed E-state index contributed by atoms with van der Waals surface area (Å²) in [6, 6.07) is 4.60. The number of hydrogen-bond donors (Lipinski definition) is 2. The number of hydrogen-bond acceptors (Lipinski definition) is 2. The molecule has 1 aromatic carbocycles. The molecule has 1 aliphatic rings. The molecule has 2 atom stereocenters. The van der Waals surface area contributed by atoms with E-state index in [0.29, 0.717) is 30.1 Å². The Morgan fingerprint density at radius 2 is 2.26 bits per heavy atom. The fourth-order valence-electron chi connectivity index (χ4n) is 2.11. The van der Waals surface area contributed by atoms with Crippen molar-refractivity contribution in [3.8, 4) is 0 Å². The SMILES string of the molecule is Cl.NCCCNC(=O)C1CC1c1c(F)cccc1Cl. The highest BCUT2D eigenvalue weighted by Gasteiger charge is 2.45. The minimum absolute atomic E-state index is 0. The predicted molar refractivity (Wildman–Crippen MR) is 76.2 cm³/mol. The van der Waals surface area contributed by atoms with E-state index in [1.165, 1.54) is 6.07 Å². The molecule has 106 valence electrons. The van der Waals surface area contributed by atoms with E-state index in [2.05, 4.69) is 5.32 Å². The molecule has 3 nitrogen and oxygen atoms in total. The van der Waals surface area contributed by atoms with Crippen molar-refractivity contribution in [3.63, 3.8) is 0 Å². The number of carbonyl (C=O) groups is 1. The van der Waals surface area contributed by atoms with Gasteiger partial charge in [0.25, 0.3) is 0 Å². The third kappa shape index (κ3) is 3.81. The van der Waals surface area contributed by atoms with Gasteiger partial charge in [-0.25, -0.2) is 4.39 Å². The zero-order chi connectivity index (χ0) is 13.1. The second-order valence-corrected chi connectivity index (χ2v) is 4.92. The molecule has 0 bridgehead atoms. The van der Waals surface area contributed by atoms with Crippen LogP contribution in [0.4, 0.5) is 4.39 Å². The molecular formula is C13H17Cl2FN2O. The summed E-state index contributed by atoms with van der Waals surface area (Å²) in [6.45, 7) is 1.12. The molecule has 0 radical (unpaired) electrons. The third-order valence-corrected chi connectivity index (χ3v) is 3.51. The molecule has 1 aromatic rings. The standard InChI is InChI=1S/C13H16ClFN2O.ClH/c14-10-3-1-4-11(15)12(10)8-7-9(8)13(18)17-6-2-5-16;/h1,3-4,8-9H,2,5-7,16H2,(H,17,18);1H. The third-order valence-electron chi connectivity index (χ3n) is 3.18. The van der Waals surface area contributed by atoms with E-state index in [4.69, 9.17) is 17.3 Å². The van der Waals surface area contributed by atoms with Gasteiger partial charge in [-0.3, -0.25) is 4.79 Å². The highest BCUT2D eigenvalue weighted by atomic mass is 35.5. The van der Waals surface area contributed by atoms with Gasteiger partial charge in [0, 0.05) is 29.0 Å². The van der Waals surface area contributed by atoms with Crippen LogP contribution in [0.15, 0.2) is 18.2 Å². The molecule has 0 heterocycles. The average molecular weight is 307 g/mol. The zero-order valence-electron chi connectivity index (χ0n) is 10.4. The van der Waals surface area contributed by atoms with Crippen LogP contribution in [0.3, 0.4) is 0 Å². The first-order valence-electron chi connectivity index (χ1n) is 6.07. The lowest BCUT2D eigenvalue weighted by Gasteiger charge is -2.06. The summed E-state index contributed by atoms with van der Waals surface area (Å²) in [6.07, 6.45) is 1.42. The minimum atomic E-state index is -0.329. The smallest absolute Gasteiger partial charge is 0.223 e. The number of benzene rings is 1. The fourth-order valence-corrected chi connectivity index (χ4v) is 2.42. The van der Waals surface area contributed by atoms with Gasteiger partial charge >= 0.3 is 0 Å². The van der Waals surface area contributed by atoms with E-state index in [1.54, 1.807) is 12.1 Å². The van der Waals surface area contributed by atoms with E-state index in [1.807, 2.05) is 0 Å². The number of amides is 1. The molecule has 2 rings (SSSR count). The second kappa shape index (κ2) is 7.08. The lowest BCUT2D eigenvalue weighted by atomic mass is 10.1. The van der Waals surface area contributed by atoms with Crippen molar-refractivity contribution in [2.45, 2.75) is 18.8 Å². The summed E-state index contributed by atoms with van der Waals surface area (Å²) in [5.74, 6) is -0.605. The first-order chi connectivity index (χ1) is 8.65. The Morgan fingerprint density at radius 1 is 1.53 bits per heavy atom. The van der Waals surface area contributed by atoms with Gasteiger partial charge in [0.2, 0.25) is 5.91 Å². The van der Waals surface area contributed by atoms with Gasteiger partial charge in [0.15, 0.2) is 0 Å². The van der Waals surface area contributed by atoms with Crippen LogP contribution in [0.25, 0.3) is 0 Å². The summed E-state index contributed by atoms with van der Waals surface area (Å²) in [7, 11) is 0. The second-order valence-electron chi connectivity index (χ2n) is 4.52. The maximum absolute atomic E-state index is 13.7. The monoisotopic (exact) mass is 306 g/mol. The first kappa shape index (κ1) is 16.2. The Hall–Kier alpha value is -0.840. The molecule has 1 saturated carbocycles. The normalized spacial score (nSPS) is 20.6. The molecule has 0 saturated heterocycles. The fraction of sp³-hybridized carbons (Fsp3) is 0.462. The quantitative estimate of drug-likeness (QED) is 0.821. The Labute approximate surface area is 123 Å². The summed E-state index contributed by atoms with van der Waals surface area (Å²) >= 11 is 5.97.